The molecule has 1 aliphatic rings. The molecule has 0 unspecified atom stereocenters. The summed E-state index contributed by atoms with van der Waals surface area (Å²) in [4.78, 5) is 25.7. The maximum absolute atomic E-state index is 13.0. The second-order valence-corrected chi connectivity index (χ2v) is 8.03. The van der Waals surface area contributed by atoms with E-state index in [1.807, 2.05) is 23.6 Å². The van der Waals surface area contributed by atoms with Crippen molar-refractivity contribution in [2.45, 2.75) is 26.3 Å². The molecule has 1 N–H and O–H groups in total. The Balaban J connectivity index is 1.82. The number of hydrogen-bond acceptors (Lipinski definition) is 2. The molecular weight excluding hydrogens is 416 g/mol. The summed E-state index contributed by atoms with van der Waals surface area (Å²) in [5, 5.41) is 3.91. The van der Waals surface area contributed by atoms with Gasteiger partial charge in [-0.3, -0.25) is 9.59 Å². The highest BCUT2D eigenvalue weighted by molar-refractivity contribution is 9.10. The first-order chi connectivity index (χ1) is 12.3. The van der Waals surface area contributed by atoms with Gasteiger partial charge >= 0.3 is 0 Å². The number of nitrogens with one attached hydrogen (secondary N) is 1. The highest BCUT2D eigenvalue weighted by Gasteiger charge is 2.25. The van der Waals surface area contributed by atoms with Gasteiger partial charge in [0.2, 0.25) is 5.43 Å². The molecule has 0 fully saturated rings. The SMILES string of the molecule is Cc1ccc(NC(=O)c2cn3c4c(cc(Br)cc4c2=O)C[C@H]3C)cc1Cl. The highest BCUT2D eigenvalue weighted by Crippen LogP contribution is 2.33. The zero-order valence-electron chi connectivity index (χ0n) is 14.3. The Morgan fingerprint density at radius 1 is 1.31 bits per heavy atom. The minimum Gasteiger partial charge on any atom is -0.343 e. The van der Waals surface area contributed by atoms with E-state index in [1.165, 1.54) is 0 Å². The fraction of sp³-hybridized carbons (Fsp3) is 0.200. The molecule has 0 saturated carbocycles. The molecule has 26 heavy (non-hydrogen) atoms. The summed E-state index contributed by atoms with van der Waals surface area (Å²) in [6.45, 7) is 3.97. The normalized spacial score (nSPS) is 15.5. The number of halogens is 2. The number of hydrogen-bond donors (Lipinski definition) is 1. The van der Waals surface area contributed by atoms with E-state index in [1.54, 1.807) is 24.4 Å². The maximum atomic E-state index is 13.0. The van der Waals surface area contributed by atoms with Gasteiger partial charge in [0.15, 0.2) is 0 Å². The van der Waals surface area contributed by atoms with Crippen molar-refractivity contribution >= 4 is 50.0 Å². The summed E-state index contributed by atoms with van der Waals surface area (Å²) in [7, 11) is 0. The van der Waals surface area contributed by atoms with Crippen LogP contribution in [0.5, 0.6) is 0 Å². The number of rotatable bonds is 2. The highest BCUT2D eigenvalue weighted by atomic mass is 79.9. The molecule has 1 aromatic heterocycles. The lowest BCUT2D eigenvalue weighted by atomic mass is 10.1. The molecule has 1 amide bonds. The topological polar surface area (TPSA) is 51.1 Å². The molecule has 2 aromatic carbocycles. The first kappa shape index (κ1) is 17.3. The summed E-state index contributed by atoms with van der Waals surface area (Å²) in [5.74, 6) is -0.429. The summed E-state index contributed by atoms with van der Waals surface area (Å²) in [5.41, 5.74) is 3.40. The Morgan fingerprint density at radius 2 is 2.08 bits per heavy atom. The van der Waals surface area contributed by atoms with Gasteiger partial charge < -0.3 is 9.88 Å². The summed E-state index contributed by atoms with van der Waals surface area (Å²) >= 11 is 9.59. The third-order valence-electron chi connectivity index (χ3n) is 4.83. The van der Waals surface area contributed by atoms with Gasteiger partial charge in [-0.1, -0.05) is 33.6 Å². The van der Waals surface area contributed by atoms with Crippen molar-refractivity contribution in [3.8, 4) is 0 Å². The molecule has 6 heteroatoms. The fourth-order valence-electron chi connectivity index (χ4n) is 3.49. The van der Waals surface area contributed by atoms with Crippen molar-refractivity contribution in [1.29, 1.82) is 0 Å². The largest absolute Gasteiger partial charge is 0.343 e. The Morgan fingerprint density at radius 3 is 2.81 bits per heavy atom. The number of aryl methyl sites for hydroxylation is 1. The molecule has 0 bridgehead atoms. The second-order valence-electron chi connectivity index (χ2n) is 6.71. The number of nitrogens with zero attached hydrogens (tertiary/aromatic N) is 1. The molecular formula is C20H16BrClN2O2. The van der Waals surface area contributed by atoms with E-state index in [2.05, 4.69) is 28.2 Å². The number of carbonyl (C=O) groups excluding carboxylic acids is 1. The zero-order chi connectivity index (χ0) is 18.6. The van der Waals surface area contributed by atoms with E-state index in [9.17, 15) is 9.59 Å². The van der Waals surface area contributed by atoms with Crippen LogP contribution in [0.2, 0.25) is 5.02 Å². The molecule has 0 spiro atoms. The fourth-order valence-corrected chi connectivity index (χ4v) is 4.18. The number of anilines is 1. The van der Waals surface area contributed by atoms with Crippen LogP contribution < -0.4 is 10.7 Å². The van der Waals surface area contributed by atoms with Gasteiger partial charge in [0, 0.05) is 32.8 Å². The first-order valence-corrected chi connectivity index (χ1v) is 9.47. The van der Waals surface area contributed by atoms with Gasteiger partial charge in [-0.25, -0.2) is 0 Å². The summed E-state index contributed by atoms with van der Waals surface area (Å²) < 4.78 is 2.87. The maximum Gasteiger partial charge on any atom is 0.261 e. The number of aromatic nitrogens is 1. The number of pyridine rings is 1. The number of carbonyl (C=O) groups is 1. The molecule has 4 nitrogen and oxygen atoms in total. The second kappa shape index (κ2) is 6.25. The first-order valence-electron chi connectivity index (χ1n) is 8.30. The Kier molecular flexibility index (Phi) is 4.16. The predicted octanol–water partition coefficient (Wildman–Crippen LogP) is 5.10. The summed E-state index contributed by atoms with van der Waals surface area (Å²) in [6.07, 6.45) is 2.51. The van der Waals surface area contributed by atoms with Crippen LogP contribution in [0.25, 0.3) is 10.9 Å². The van der Waals surface area contributed by atoms with Crippen molar-refractivity contribution in [2.75, 3.05) is 5.32 Å². The Labute approximate surface area is 163 Å². The standard InChI is InChI=1S/C20H16BrClN2O2/c1-10-3-4-14(8-17(10)22)23-20(26)16-9-24-11(2)5-12-6-13(21)7-15(18(12)24)19(16)25/h3-4,6-9,11H,5H2,1-2H3,(H,23,26)/t11-/m1/s1. The van der Waals surface area contributed by atoms with Crippen molar-refractivity contribution in [3.63, 3.8) is 0 Å². The van der Waals surface area contributed by atoms with E-state index in [4.69, 9.17) is 11.6 Å². The molecule has 0 aliphatic carbocycles. The molecule has 1 aliphatic heterocycles. The van der Waals surface area contributed by atoms with E-state index in [0.717, 1.165) is 27.5 Å². The molecule has 0 saturated heterocycles. The third-order valence-corrected chi connectivity index (χ3v) is 5.70. The van der Waals surface area contributed by atoms with Crippen molar-refractivity contribution in [2.24, 2.45) is 0 Å². The van der Waals surface area contributed by atoms with Crippen LogP contribution in [0.3, 0.4) is 0 Å². The Bertz CT molecular complexity index is 1140. The van der Waals surface area contributed by atoms with Gasteiger partial charge in [0.25, 0.3) is 5.91 Å². The van der Waals surface area contributed by atoms with Crippen molar-refractivity contribution in [1.82, 2.24) is 4.57 Å². The molecule has 0 radical (unpaired) electrons. The van der Waals surface area contributed by atoms with Crippen LogP contribution in [-0.4, -0.2) is 10.5 Å². The van der Waals surface area contributed by atoms with Gasteiger partial charge in [0.1, 0.15) is 5.56 Å². The number of amides is 1. The van der Waals surface area contributed by atoms with E-state index in [0.29, 0.717) is 16.1 Å². The quantitative estimate of drug-likeness (QED) is 0.614. The van der Waals surface area contributed by atoms with Crippen LogP contribution in [-0.2, 0) is 6.42 Å². The van der Waals surface area contributed by atoms with Crippen LogP contribution >= 0.6 is 27.5 Å². The molecule has 4 rings (SSSR count). The van der Waals surface area contributed by atoms with E-state index in [-0.39, 0.29) is 17.0 Å². The lowest BCUT2D eigenvalue weighted by Gasteiger charge is -2.13. The monoisotopic (exact) mass is 430 g/mol. The van der Waals surface area contributed by atoms with E-state index >= 15 is 0 Å². The Hall–Kier alpha value is -2.11. The minimum absolute atomic E-state index is 0.131. The minimum atomic E-state index is -0.429. The number of benzene rings is 2. The van der Waals surface area contributed by atoms with Crippen LogP contribution in [0.4, 0.5) is 5.69 Å². The lowest BCUT2D eigenvalue weighted by Crippen LogP contribution is -2.23. The molecule has 3 aromatic rings. The molecule has 132 valence electrons. The van der Waals surface area contributed by atoms with Crippen LogP contribution in [0, 0.1) is 6.92 Å². The summed E-state index contributed by atoms with van der Waals surface area (Å²) in [6, 6.07) is 9.31. The lowest BCUT2D eigenvalue weighted by molar-refractivity contribution is 0.102. The van der Waals surface area contributed by atoms with Crippen molar-refractivity contribution in [3.05, 3.63) is 72.9 Å². The molecule has 2 heterocycles. The predicted molar refractivity (Wildman–Crippen MR) is 108 cm³/mol. The molecule has 1 atom stereocenters. The van der Waals surface area contributed by atoms with Crippen molar-refractivity contribution < 1.29 is 4.79 Å². The van der Waals surface area contributed by atoms with Crippen LogP contribution in [0.1, 0.15) is 34.5 Å². The van der Waals surface area contributed by atoms with Gasteiger partial charge in [-0.15, -0.1) is 0 Å². The average molecular weight is 432 g/mol. The average Bonchev–Trinajstić information content (AvgIpc) is 2.89. The van der Waals surface area contributed by atoms with Crippen LogP contribution in [0.15, 0.2) is 45.8 Å². The van der Waals surface area contributed by atoms with Gasteiger partial charge in [0.05, 0.1) is 5.52 Å². The van der Waals surface area contributed by atoms with Gasteiger partial charge in [-0.2, -0.15) is 0 Å². The zero-order valence-corrected chi connectivity index (χ0v) is 16.6. The third kappa shape index (κ3) is 2.75. The van der Waals surface area contributed by atoms with Gasteiger partial charge in [-0.05, 0) is 55.7 Å². The smallest absolute Gasteiger partial charge is 0.261 e. The van der Waals surface area contributed by atoms with E-state index < -0.39 is 5.91 Å².